The van der Waals surface area contributed by atoms with E-state index in [2.05, 4.69) is 26.8 Å². The number of allylic oxidation sites excluding steroid dienone is 1. The smallest absolute Gasteiger partial charge is 0.338 e. The van der Waals surface area contributed by atoms with Gasteiger partial charge in [0.05, 0.1) is 36.4 Å². The molecule has 5 unspecified atom stereocenters. The molecule has 1 aliphatic heterocycles. The number of carbonyl (C=O) groups excluding carboxylic acids is 2. The van der Waals surface area contributed by atoms with E-state index in [1.54, 1.807) is 0 Å². The third-order valence-corrected chi connectivity index (χ3v) is 16.9. The van der Waals surface area contributed by atoms with Gasteiger partial charge in [0.15, 0.2) is 17.2 Å². The normalized spacial score (nSPS) is 47.0. The van der Waals surface area contributed by atoms with E-state index in [1.165, 1.54) is 0 Å². The Bertz CT molecular complexity index is 1810. The highest BCUT2D eigenvalue weighted by Crippen LogP contribution is 2.76. The number of phenols is 3. The molecule has 4 saturated carbocycles. The predicted octanol–water partition coefficient (Wildman–Crippen LogP) is 2.39. The summed E-state index contributed by atoms with van der Waals surface area (Å²) in [5.41, 5.74) is -3.69. The van der Waals surface area contributed by atoms with Crippen LogP contribution in [0, 0.1) is 50.2 Å². The second kappa shape index (κ2) is 14.3. The van der Waals surface area contributed by atoms with Gasteiger partial charge in [0.2, 0.25) is 6.29 Å². The van der Waals surface area contributed by atoms with Crippen molar-refractivity contribution in [1.29, 1.82) is 0 Å². The molecule has 5 fully saturated rings. The van der Waals surface area contributed by atoms with Crippen molar-refractivity contribution in [3.05, 3.63) is 29.3 Å². The summed E-state index contributed by atoms with van der Waals surface area (Å²) in [6.07, 6.45) is -5.31. The lowest BCUT2D eigenvalue weighted by atomic mass is 9.33. The Morgan fingerprint density at radius 1 is 0.810 bits per heavy atom. The molecule has 0 aromatic heterocycles. The molecule has 1 aromatic carbocycles. The molecule has 0 spiro atoms. The molecule has 6 aliphatic rings. The van der Waals surface area contributed by atoms with Crippen LogP contribution in [0.2, 0.25) is 0 Å². The van der Waals surface area contributed by atoms with Gasteiger partial charge in [-0.15, -0.1) is 0 Å². The van der Waals surface area contributed by atoms with Crippen molar-refractivity contribution in [3.8, 4) is 17.2 Å². The minimum Gasteiger partial charge on any atom is -0.504 e. The second-order valence-electron chi connectivity index (χ2n) is 20.1. The fourth-order valence-corrected chi connectivity index (χ4v) is 13.2. The number of aliphatic hydroxyl groups is 7. The van der Waals surface area contributed by atoms with Gasteiger partial charge >= 0.3 is 11.9 Å². The fourth-order valence-electron chi connectivity index (χ4n) is 13.2. The maximum absolute atomic E-state index is 14.6. The minimum atomic E-state index is -1.77. The Balaban J connectivity index is 1.22. The van der Waals surface area contributed by atoms with Crippen LogP contribution in [0.15, 0.2) is 23.8 Å². The van der Waals surface area contributed by atoms with Gasteiger partial charge < -0.3 is 65.3 Å². The van der Waals surface area contributed by atoms with Crippen LogP contribution < -0.4 is 0 Å². The van der Waals surface area contributed by atoms with Crippen molar-refractivity contribution in [2.75, 3.05) is 13.2 Å². The molecule has 10 N–H and O–H groups in total. The standard InChI is InChI=1S/C43H62O15/c1-38(2)11-13-43(37(55)58-36-32(52)31(51)30(50)25(18-44)56-36)14-12-41(5)21(28(43)33(38)53)7-8-27-39(3)17-24(48)34(40(4,19-45)26(39)9-10-42(27,41)6)57-35(54)20-15-22(46)29(49)23(47)16-20/h7,15-16,24-28,30-34,36,44-53H,8-14,17-19H2,1-6H3/t24-,25?,26?,27?,28-,30-,31+,32?,33+,34+,36?,39+,40+,41-,42-,43+/m1/s1. The monoisotopic (exact) mass is 818 g/mol. The fraction of sp³-hybridized carbons (Fsp3) is 0.767. The average molecular weight is 819 g/mol. The van der Waals surface area contributed by atoms with Crippen LogP contribution in [-0.4, -0.2) is 125 Å². The number of carbonyl (C=O) groups is 2. The lowest BCUT2D eigenvalue weighted by molar-refractivity contribution is -0.298. The number of fused-ring (bicyclic) bond motifs is 7. The summed E-state index contributed by atoms with van der Waals surface area (Å²) in [5, 5.41) is 107. The minimum absolute atomic E-state index is 0.0435. The summed E-state index contributed by atoms with van der Waals surface area (Å²) in [6, 6.07) is 1.92. The highest BCUT2D eigenvalue weighted by atomic mass is 16.7. The molecule has 1 aromatic rings. The summed E-state index contributed by atoms with van der Waals surface area (Å²) in [4.78, 5) is 28.0. The van der Waals surface area contributed by atoms with Gasteiger partial charge in [-0.2, -0.15) is 0 Å². The van der Waals surface area contributed by atoms with E-state index < -0.39 is 130 Å². The van der Waals surface area contributed by atoms with Crippen LogP contribution in [0.4, 0.5) is 0 Å². The zero-order valence-electron chi connectivity index (χ0n) is 34.2. The van der Waals surface area contributed by atoms with E-state index in [0.717, 1.165) is 17.7 Å². The maximum Gasteiger partial charge on any atom is 0.338 e. The molecule has 7 rings (SSSR count). The number of aliphatic hydroxyl groups excluding tert-OH is 7. The van der Waals surface area contributed by atoms with Crippen LogP contribution in [0.1, 0.15) is 103 Å². The predicted molar refractivity (Wildman–Crippen MR) is 204 cm³/mol. The zero-order chi connectivity index (χ0) is 42.7. The van der Waals surface area contributed by atoms with Crippen molar-refractivity contribution in [2.24, 2.45) is 50.2 Å². The Morgan fingerprint density at radius 3 is 2.07 bits per heavy atom. The van der Waals surface area contributed by atoms with Gasteiger partial charge in [0, 0.05) is 11.3 Å². The first kappa shape index (κ1) is 43.1. The van der Waals surface area contributed by atoms with Crippen molar-refractivity contribution in [2.45, 2.75) is 142 Å². The van der Waals surface area contributed by atoms with E-state index in [0.29, 0.717) is 44.9 Å². The van der Waals surface area contributed by atoms with Crippen molar-refractivity contribution < 1.29 is 74.9 Å². The maximum atomic E-state index is 14.6. The summed E-state index contributed by atoms with van der Waals surface area (Å²) < 4.78 is 17.4. The van der Waals surface area contributed by atoms with E-state index in [1.807, 2.05) is 20.8 Å². The van der Waals surface area contributed by atoms with Crippen LogP contribution in [0.25, 0.3) is 0 Å². The molecule has 1 saturated heterocycles. The molecular formula is C43H62O15. The molecule has 58 heavy (non-hydrogen) atoms. The number of ether oxygens (including phenoxy) is 3. The molecular weight excluding hydrogens is 756 g/mol. The van der Waals surface area contributed by atoms with E-state index >= 15 is 0 Å². The molecule has 15 nitrogen and oxygen atoms in total. The van der Waals surface area contributed by atoms with E-state index in [4.69, 9.17) is 14.2 Å². The number of rotatable bonds is 6. The largest absolute Gasteiger partial charge is 0.504 e. The summed E-state index contributed by atoms with van der Waals surface area (Å²) in [6.45, 7) is 11.3. The first-order valence-electron chi connectivity index (χ1n) is 20.6. The van der Waals surface area contributed by atoms with Gasteiger partial charge in [-0.25, -0.2) is 4.79 Å². The van der Waals surface area contributed by atoms with Gasteiger partial charge in [0.25, 0.3) is 0 Å². The van der Waals surface area contributed by atoms with Gasteiger partial charge in [-0.3, -0.25) is 4.79 Å². The van der Waals surface area contributed by atoms with Crippen LogP contribution >= 0.6 is 0 Å². The van der Waals surface area contributed by atoms with Crippen molar-refractivity contribution in [3.63, 3.8) is 0 Å². The van der Waals surface area contributed by atoms with Crippen molar-refractivity contribution >= 4 is 11.9 Å². The lowest BCUT2D eigenvalue weighted by Gasteiger charge is -2.72. The molecule has 324 valence electrons. The highest BCUT2D eigenvalue weighted by Gasteiger charge is 2.72. The molecule has 15 heteroatoms. The van der Waals surface area contributed by atoms with Crippen molar-refractivity contribution in [1.82, 2.24) is 0 Å². The van der Waals surface area contributed by atoms with E-state index in [9.17, 15) is 60.7 Å². The molecule has 5 aliphatic carbocycles. The first-order chi connectivity index (χ1) is 27.0. The Morgan fingerprint density at radius 2 is 1.45 bits per heavy atom. The third kappa shape index (κ3) is 5.96. The molecule has 0 radical (unpaired) electrons. The second-order valence-corrected chi connectivity index (χ2v) is 20.1. The Labute approximate surface area is 338 Å². The summed E-state index contributed by atoms with van der Waals surface area (Å²) in [5.74, 6) is -4.78. The van der Waals surface area contributed by atoms with Crippen LogP contribution in [0.3, 0.4) is 0 Å². The number of hydrogen-bond donors (Lipinski definition) is 10. The van der Waals surface area contributed by atoms with E-state index in [-0.39, 0.29) is 23.8 Å². The van der Waals surface area contributed by atoms with Gasteiger partial charge in [0.1, 0.15) is 30.5 Å². The number of hydrogen-bond acceptors (Lipinski definition) is 15. The number of phenolic OH excluding ortho intramolecular Hbond substituents is 3. The van der Waals surface area contributed by atoms with Gasteiger partial charge in [-0.1, -0.05) is 53.2 Å². The van der Waals surface area contributed by atoms with Gasteiger partial charge in [-0.05, 0) is 97.0 Å². The van der Waals surface area contributed by atoms with Crippen LogP contribution in [-0.2, 0) is 19.0 Å². The van der Waals surface area contributed by atoms with Crippen LogP contribution in [0.5, 0.6) is 17.2 Å². The average Bonchev–Trinajstić information content (AvgIpc) is 3.16. The zero-order valence-corrected chi connectivity index (χ0v) is 34.2. The molecule has 0 bridgehead atoms. The Kier molecular flexibility index (Phi) is 10.6. The first-order valence-corrected chi connectivity index (χ1v) is 20.6. The SMILES string of the molecule is CC1(C)CC[C@]2(C(=O)OC3OC(CO)[C@@H](O)[C@H](O)C3O)CC[C@]3(C)C(=CCC4[C@@]5(C)C[C@@H](O)[C@H](OC(=O)c6cc(O)c(O)c(O)c6)[C@@](C)(CO)C5CC[C@]43C)[C@@H]2[C@@H]1O. The third-order valence-electron chi connectivity index (χ3n) is 16.9. The molecule has 0 amide bonds. The Hall–Kier alpha value is -3.02. The quantitative estimate of drug-likeness (QED) is 0.112. The number of benzene rings is 1. The number of aromatic hydroxyl groups is 3. The summed E-state index contributed by atoms with van der Waals surface area (Å²) >= 11 is 0. The number of esters is 2. The lowest BCUT2D eigenvalue weighted by Crippen LogP contribution is -2.69. The molecule has 1 heterocycles. The topological polar surface area (TPSA) is 264 Å². The summed E-state index contributed by atoms with van der Waals surface area (Å²) in [7, 11) is 0. The highest BCUT2D eigenvalue weighted by molar-refractivity contribution is 5.91. The molecule has 16 atom stereocenters.